The van der Waals surface area contributed by atoms with E-state index in [1.807, 2.05) is 13.8 Å². The topological polar surface area (TPSA) is 73.0 Å². The first-order chi connectivity index (χ1) is 14.7. The molecule has 2 aromatic carbocycles. The largest absolute Gasteiger partial charge is 0.420 e. The lowest BCUT2D eigenvalue weighted by atomic mass is 10.0. The molecule has 0 saturated carbocycles. The summed E-state index contributed by atoms with van der Waals surface area (Å²) in [5.74, 6) is -1.07. The van der Waals surface area contributed by atoms with Gasteiger partial charge >= 0.3 is 5.76 Å². The van der Waals surface area contributed by atoms with Crippen molar-refractivity contribution in [3.63, 3.8) is 0 Å². The molecule has 1 unspecified atom stereocenters. The second-order valence-corrected chi connectivity index (χ2v) is 7.75. The van der Waals surface area contributed by atoms with E-state index in [2.05, 4.69) is 15.5 Å². The van der Waals surface area contributed by atoms with Gasteiger partial charge in [-0.3, -0.25) is 4.57 Å². The molecule has 1 N–H and O–H groups in total. The van der Waals surface area contributed by atoms with E-state index in [4.69, 9.17) is 4.42 Å². The Kier molecular flexibility index (Phi) is 5.20. The first kappa shape index (κ1) is 20.9. The first-order valence-corrected chi connectivity index (χ1v) is 9.84. The predicted octanol–water partition coefficient (Wildman–Crippen LogP) is 5.68. The number of rotatable bonds is 5. The molecule has 0 fully saturated rings. The SMILES string of the molecule is Cc1nnc(NC(C)c2cccc(C(F)F)c2F)c2cc3c(cc12)oc(=O)n3C(C)C. The average molecular weight is 430 g/mol. The number of aryl methyl sites for hydroxylation is 1. The van der Waals surface area contributed by atoms with Gasteiger partial charge in [-0.1, -0.05) is 18.2 Å². The highest BCUT2D eigenvalue weighted by Crippen LogP contribution is 2.32. The molecule has 4 rings (SSSR count). The zero-order valence-corrected chi connectivity index (χ0v) is 17.4. The Labute approximate surface area is 175 Å². The number of hydrogen-bond donors (Lipinski definition) is 1. The Morgan fingerprint density at radius 3 is 2.45 bits per heavy atom. The number of benzene rings is 2. The summed E-state index contributed by atoms with van der Waals surface area (Å²) in [7, 11) is 0. The molecule has 0 aliphatic heterocycles. The monoisotopic (exact) mass is 430 g/mol. The molecule has 0 bridgehead atoms. The summed E-state index contributed by atoms with van der Waals surface area (Å²) in [5, 5.41) is 12.8. The first-order valence-electron chi connectivity index (χ1n) is 9.84. The van der Waals surface area contributed by atoms with Gasteiger partial charge in [0.2, 0.25) is 0 Å². The second kappa shape index (κ2) is 7.72. The van der Waals surface area contributed by atoms with Crippen molar-refractivity contribution in [3.8, 4) is 0 Å². The van der Waals surface area contributed by atoms with E-state index in [0.717, 1.165) is 6.07 Å². The number of oxazole rings is 1. The van der Waals surface area contributed by atoms with Crippen LogP contribution in [0.4, 0.5) is 19.0 Å². The minimum absolute atomic E-state index is 0.0943. The molecular weight excluding hydrogens is 409 g/mol. The number of nitrogens with one attached hydrogen (secondary N) is 1. The molecule has 0 spiro atoms. The van der Waals surface area contributed by atoms with Crippen LogP contribution in [0.5, 0.6) is 0 Å². The van der Waals surface area contributed by atoms with Crippen molar-refractivity contribution in [2.24, 2.45) is 0 Å². The summed E-state index contributed by atoms with van der Waals surface area (Å²) in [5.41, 5.74) is 1.10. The second-order valence-electron chi connectivity index (χ2n) is 7.75. The Bertz CT molecular complexity index is 1340. The minimum Gasteiger partial charge on any atom is -0.408 e. The van der Waals surface area contributed by atoms with Gasteiger partial charge in [0.1, 0.15) is 5.82 Å². The summed E-state index contributed by atoms with van der Waals surface area (Å²) in [6, 6.07) is 6.63. The zero-order valence-electron chi connectivity index (χ0n) is 17.4. The van der Waals surface area contributed by atoms with E-state index < -0.39 is 29.6 Å². The summed E-state index contributed by atoms with van der Waals surface area (Å²) in [6.45, 7) is 7.17. The maximum Gasteiger partial charge on any atom is 0.420 e. The minimum atomic E-state index is -2.91. The smallest absolute Gasteiger partial charge is 0.408 e. The zero-order chi connectivity index (χ0) is 22.4. The number of aromatic nitrogens is 3. The maximum absolute atomic E-state index is 14.6. The molecule has 0 saturated heterocycles. The maximum atomic E-state index is 14.6. The third-order valence-corrected chi connectivity index (χ3v) is 5.33. The quantitative estimate of drug-likeness (QED) is 0.441. The molecule has 0 amide bonds. The molecule has 0 aliphatic carbocycles. The number of alkyl halides is 2. The number of hydrogen-bond acceptors (Lipinski definition) is 5. The molecule has 4 aromatic rings. The predicted molar refractivity (Wildman–Crippen MR) is 112 cm³/mol. The van der Waals surface area contributed by atoms with Gasteiger partial charge in [-0.05, 0) is 39.8 Å². The average Bonchev–Trinajstić information content (AvgIpc) is 3.03. The Balaban J connectivity index is 1.85. The van der Waals surface area contributed by atoms with Crippen molar-refractivity contribution in [2.45, 2.75) is 46.2 Å². The van der Waals surface area contributed by atoms with Gasteiger partial charge in [0.25, 0.3) is 6.43 Å². The van der Waals surface area contributed by atoms with E-state index in [-0.39, 0.29) is 11.6 Å². The number of fused-ring (bicyclic) bond motifs is 2. The molecule has 2 heterocycles. The van der Waals surface area contributed by atoms with E-state index in [9.17, 15) is 18.0 Å². The molecule has 1 atom stereocenters. The van der Waals surface area contributed by atoms with Crippen LogP contribution in [0.2, 0.25) is 0 Å². The number of nitrogens with zero attached hydrogens (tertiary/aromatic N) is 3. The standard InChI is InChI=1S/C22H21F3N4O2/c1-10(2)29-17-8-16-15(9-18(17)31-22(29)30)12(4)27-28-21(16)26-11(3)13-6-5-7-14(19(13)23)20(24)25/h5-11,20H,1-4H3,(H,26,28). The van der Waals surface area contributed by atoms with Crippen molar-refractivity contribution in [3.05, 3.63) is 63.5 Å². The normalized spacial score (nSPS) is 12.9. The molecule has 9 heteroatoms. The van der Waals surface area contributed by atoms with Gasteiger partial charge in [-0.15, -0.1) is 5.10 Å². The Morgan fingerprint density at radius 1 is 1.06 bits per heavy atom. The summed E-state index contributed by atoms with van der Waals surface area (Å²) in [6.07, 6.45) is -2.91. The molecule has 31 heavy (non-hydrogen) atoms. The highest BCUT2D eigenvalue weighted by atomic mass is 19.3. The van der Waals surface area contributed by atoms with Crippen LogP contribution in [0.3, 0.4) is 0 Å². The molecule has 2 aromatic heterocycles. The number of anilines is 1. The van der Waals surface area contributed by atoms with Crippen molar-refractivity contribution in [1.82, 2.24) is 14.8 Å². The van der Waals surface area contributed by atoms with Crippen molar-refractivity contribution in [1.29, 1.82) is 0 Å². The number of halogens is 3. The third kappa shape index (κ3) is 3.54. The molecular formula is C22H21F3N4O2. The highest BCUT2D eigenvalue weighted by Gasteiger charge is 2.21. The fraction of sp³-hybridized carbons (Fsp3) is 0.318. The Hall–Kier alpha value is -3.36. The van der Waals surface area contributed by atoms with Crippen LogP contribution in [0.1, 0.15) is 56.1 Å². The lowest BCUT2D eigenvalue weighted by molar-refractivity contribution is 0.146. The van der Waals surface area contributed by atoms with E-state index in [1.165, 1.54) is 16.7 Å². The Morgan fingerprint density at radius 2 is 1.77 bits per heavy atom. The summed E-state index contributed by atoms with van der Waals surface area (Å²) >= 11 is 0. The van der Waals surface area contributed by atoms with Crippen LogP contribution < -0.4 is 11.1 Å². The van der Waals surface area contributed by atoms with Gasteiger partial charge < -0.3 is 9.73 Å². The van der Waals surface area contributed by atoms with Gasteiger partial charge in [0, 0.05) is 22.4 Å². The van der Waals surface area contributed by atoms with E-state index in [0.29, 0.717) is 33.4 Å². The van der Waals surface area contributed by atoms with Gasteiger partial charge in [-0.25, -0.2) is 18.0 Å². The van der Waals surface area contributed by atoms with Crippen LogP contribution >= 0.6 is 0 Å². The molecule has 0 radical (unpaired) electrons. The van der Waals surface area contributed by atoms with Crippen LogP contribution in [-0.4, -0.2) is 14.8 Å². The van der Waals surface area contributed by atoms with Crippen LogP contribution in [0.15, 0.2) is 39.5 Å². The van der Waals surface area contributed by atoms with Crippen LogP contribution in [-0.2, 0) is 0 Å². The van der Waals surface area contributed by atoms with Gasteiger partial charge in [-0.2, -0.15) is 5.10 Å². The summed E-state index contributed by atoms with van der Waals surface area (Å²) < 4.78 is 47.7. The van der Waals surface area contributed by atoms with E-state index in [1.54, 1.807) is 26.0 Å². The van der Waals surface area contributed by atoms with Crippen molar-refractivity contribution < 1.29 is 17.6 Å². The summed E-state index contributed by atoms with van der Waals surface area (Å²) in [4.78, 5) is 12.3. The van der Waals surface area contributed by atoms with Crippen LogP contribution in [0.25, 0.3) is 21.9 Å². The van der Waals surface area contributed by atoms with Gasteiger partial charge in [0.05, 0.1) is 22.8 Å². The van der Waals surface area contributed by atoms with Crippen molar-refractivity contribution in [2.75, 3.05) is 5.32 Å². The fourth-order valence-electron chi connectivity index (χ4n) is 3.76. The van der Waals surface area contributed by atoms with Crippen LogP contribution in [0, 0.1) is 12.7 Å². The lowest BCUT2D eigenvalue weighted by Gasteiger charge is -2.18. The molecule has 6 nitrogen and oxygen atoms in total. The highest BCUT2D eigenvalue weighted by molar-refractivity contribution is 6.01. The fourth-order valence-corrected chi connectivity index (χ4v) is 3.76. The molecule has 162 valence electrons. The third-order valence-electron chi connectivity index (χ3n) is 5.33. The van der Waals surface area contributed by atoms with Gasteiger partial charge in [0.15, 0.2) is 11.4 Å². The van der Waals surface area contributed by atoms with Crippen molar-refractivity contribution >= 4 is 27.7 Å². The lowest BCUT2D eigenvalue weighted by Crippen LogP contribution is -2.16. The van der Waals surface area contributed by atoms with E-state index >= 15 is 0 Å². The molecule has 0 aliphatic rings.